The van der Waals surface area contributed by atoms with Crippen molar-refractivity contribution >= 4 is 0 Å². The molecule has 34 heteroatoms. The van der Waals surface area contributed by atoms with Crippen molar-refractivity contribution in [1.82, 2.24) is 0 Å². The largest absolute Gasteiger partial charge is 0.392 e. The standard InChI is InChI=1S/2C10H14F6.4C9H15F3.C7H7F7.C7H11F3/c1-5-3-6(2)8(10(14,15)16)7(4-5)9(11,12)13;1-4-5(2)8(10(14,15)16)6(3)7(4)9(11,12)13;2*1-6-3-7(2)5-8(4-6)9(10,11)12;2*1-6-4-3-5-8(7(6)2)9(10,11)12;1-3-5(9,10)4(2,8)7(13,14)6(3,11)12;1-3-5(8)4(2)7(10)6(3)9/h5-8H,3-4H2,1-2H3;4-8H,1-3H3;4*6-8H,3-5H2,1-2H3;3H,1-2H3;3-7H,1-2H3/t5-,6?,7?,8?;;2*6-,7?,8?;2*6?,7-,8?;;/m0.0011../s1/i;;6D;;7D;;;. The molecule has 21 unspecified atom stereocenters. The summed E-state index contributed by atoms with van der Waals surface area (Å²) < 4.78 is 442. The molecule has 8 fully saturated rings. The van der Waals surface area contributed by atoms with Gasteiger partial charge in [-0.3, -0.25) is 0 Å². The summed E-state index contributed by atoms with van der Waals surface area (Å²) in [7, 11) is 0. The third-order valence-electron chi connectivity index (χ3n) is 23.2. The first-order chi connectivity index (χ1) is 46.8. The number of hydrogen-bond acceptors (Lipinski definition) is 0. The minimum Gasteiger partial charge on any atom is -0.247 e. The van der Waals surface area contributed by atoms with E-state index in [4.69, 9.17) is 2.74 Å². The van der Waals surface area contributed by atoms with Crippen LogP contribution in [0.15, 0.2) is 0 Å². The fourth-order valence-electron chi connectivity index (χ4n) is 16.7. The number of rotatable bonds is 0. The van der Waals surface area contributed by atoms with E-state index in [1.165, 1.54) is 41.5 Å². The Hall–Kier alpha value is -2.38. The van der Waals surface area contributed by atoms with E-state index >= 15 is 0 Å². The van der Waals surface area contributed by atoms with Gasteiger partial charge in [0.25, 0.3) is 5.92 Å². The maximum atomic E-state index is 12.9. The van der Waals surface area contributed by atoms with E-state index in [1.807, 2.05) is 20.8 Å². The van der Waals surface area contributed by atoms with Crippen LogP contribution in [0.5, 0.6) is 0 Å². The molecule has 0 N–H and O–H groups in total. The topological polar surface area (TPSA) is 0 Å². The van der Waals surface area contributed by atoms with Crippen molar-refractivity contribution in [3.63, 3.8) is 0 Å². The van der Waals surface area contributed by atoms with Gasteiger partial charge in [0.15, 0.2) is 0 Å². The van der Waals surface area contributed by atoms with Gasteiger partial charge in [0, 0.05) is 14.6 Å². The molecule has 0 spiro atoms. The second-order valence-corrected chi connectivity index (χ2v) is 31.8. The van der Waals surface area contributed by atoms with Crippen molar-refractivity contribution < 1.29 is 152 Å². The summed E-state index contributed by atoms with van der Waals surface area (Å²) >= 11 is 0. The third kappa shape index (κ3) is 26.1. The average Bonchev–Trinajstić information content (AvgIpc) is 1.53. The number of hydrogen-bond donors (Lipinski definition) is 0. The van der Waals surface area contributed by atoms with Gasteiger partial charge in [-0.25, -0.2) is 26.3 Å². The summed E-state index contributed by atoms with van der Waals surface area (Å²) in [5, 5.41) is 0. The van der Waals surface area contributed by atoms with E-state index in [-0.39, 0.29) is 81.0 Å². The van der Waals surface area contributed by atoms with E-state index in [9.17, 15) is 149 Å². The zero-order valence-corrected chi connectivity index (χ0v) is 61.2. The highest BCUT2D eigenvalue weighted by Crippen LogP contribution is 2.65. The fraction of sp³-hybridized carbons (Fsp3) is 1.00. The van der Waals surface area contributed by atoms with Crippen molar-refractivity contribution in [1.29, 1.82) is 0 Å². The normalized spacial score (nSPS) is 42.7. The molecule has 26 atom stereocenters. The summed E-state index contributed by atoms with van der Waals surface area (Å²) in [5.74, 6) is -39.2. The summed E-state index contributed by atoms with van der Waals surface area (Å²) in [6.07, 6.45) is -33.8. The van der Waals surface area contributed by atoms with Crippen molar-refractivity contribution in [2.75, 3.05) is 0 Å². The van der Waals surface area contributed by atoms with Crippen LogP contribution in [0, 0.1) is 142 Å². The molecule has 0 saturated heterocycles. The summed E-state index contributed by atoms with van der Waals surface area (Å²) in [4.78, 5) is 0. The Morgan fingerprint density at radius 3 is 0.885 bits per heavy atom. The van der Waals surface area contributed by atoms with Crippen LogP contribution in [0.2, 0.25) is 0 Å². The monoisotopic (exact) mass is 1590 g/mol. The lowest BCUT2D eigenvalue weighted by Gasteiger charge is -2.41. The molecule has 0 aromatic carbocycles. The van der Waals surface area contributed by atoms with Gasteiger partial charge in [-0.05, 0) is 148 Å². The van der Waals surface area contributed by atoms with Gasteiger partial charge in [0.2, 0.25) is 5.67 Å². The molecule has 0 aliphatic heterocycles. The first kappa shape index (κ1) is 95.8. The summed E-state index contributed by atoms with van der Waals surface area (Å²) in [6, 6.07) is 0. The Kier molecular flexibility index (Phi) is 33.9. The number of alkyl halides is 34. The molecule has 104 heavy (non-hydrogen) atoms. The van der Waals surface area contributed by atoms with Crippen LogP contribution in [0.4, 0.5) is 149 Å². The maximum Gasteiger partial charge on any atom is 0.392 e. The van der Waals surface area contributed by atoms with Crippen LogP contribution in [-0.4, -0.2) is 91.4 Å². The van der Waals surface area contributed by atoms with Crippen molar-refractivity contribution in [3.8, 4) is 0 Å². The molecule has 8 saturated carbocycles. The molecule has 0 radical (unpaired) electrons. The van der Waals surface area contributed by atoms with Gasteiger partial charge in [-0.2, -0.15) is 123 Å². The minimum absolute atomic E-state index is 0.0166. The molecule has 0 amide bonds. The zero-order chi connectivity index (χ0) is 84.3. The molecular formula is C70H106F34. The lowest BCUT2D eigenvalue weighted by atomic mass is 9.68. The second kappa shape index (κ2) is 36.8. The highest BCUT2D eigenvalue weighted by molar-refractivity contribution is 5.19. The van der Waals surface area contributed by atoms with Gasteiger partial charge in [-0.15, -0.1) is 0 Å². The van der Waals surface area contributed by atoms with Gasteiger partial charge >= 0.3 is 61.3 Å². The molecule has 8 aliphatic rings. The zero-order valence-electron chi connectivity index (χ0n) is 63.2. The average molecular weight is 1600 g/mol. The van der Waals surface area contributed by atoms with Crippen LogP contribution in [0.3, 0.4) is 0 Å². The van der Waals surface area contributed by atoms with Crippen molar-refractivity contribution in [3.05, 3.63) is 0 Å². The van der Waals surface area contributed by atoms with Crippen molar-refractivity contribution in [2.45, 2.75) is 299 Å². The quantitative estimate of drug-likeness (QED) is 0.212. The molecule has 0 bridgehead atoms. The molecule has 8 aliphatic carbocycles. The molecule has 0 aromatic rings. The molecule has 0 nitrogen and oxygen atoms in total. The van der Waals surface area contributed by atoms with Crippen LogP contribution < -0.4 is 0 Å². The van der Waals surface area contributed by atoms with E-state index in [0.29, 0.717) is 32.1 Å². The van der Waals surface area contributed by atoms with Gasteiger partial charge < -0.3 is 0 Å². The van der Waals surface area contributed by atoms with Gasteiger partial charge in [-0.1, -0.05) is 136 Å². The van der Waals surface area contributed by atoms with Crippen LogP contribution in [0.1, 0.15) is 210 Å². The Bertz CT molecular complexity index is 2470. The molecule has 0 heterocycles. The van der Waals surface area contributed by atoms with Crippen LogP contribution >= 0.6 is 0 Å². The Labute approximate surface area is 591 Å². The van der Waals surface area contributed by atoms with E-state index in [1.54, 1.807) is 34.6 Å². The lowest BCUT2D eigenvalue weighted by molar-refractivity contribution is -0.276. The van der Waals surface area contributed by atoms with E-state index in [0.717, 1.165) is 32.6 Å². The van der Waals surface area contributed by atoms with Crippen molar-refractivity contribution in [2.24, 2.45) is 142 Å². The highest BCUT2D eigenvalue weighted by atomic mass is 19.4. The first-order valence-corrected chi connectivity index (χ1v) is 35.0. The van der Waals surface area contributed by atoms with Gasteiger partial charge in [0.1, 0.15) is 18.5 Å². The van der Waals surface area contributed by atoms with E-state index < -0.39 is 198 Å². The maximum absolute atomic E-state index is 12.9. The SMILES string of the molecule is CC1C(C)C(C(F)(F)F)C(C)C1C(F)(F)F.CC1C(F)(F)C(C)(F)C(F)(F)C1(F)F.CC1C(F)C(C)C(F)C1F.CC1CC(C(F)(F)F)C[C@@H](C)C1.CC1CCCC(C(F)(F)F)[C@@H]1C.CC1C[C@H](C)CC(C(F)(F)F)C1C(F)(F)F.[2H][C@@]1(C)C(C)CCCC1C(F)(F)F.[2H][C@]1(C)CC(C)CC(C(F)(F)F)C1. The minimum atomic E-state index is -5.36. The predicted octanol–water partition coefficient (Wildman–Crippen LogP) is 28.7. The highest BCUT2D eigenvalue weighted by Gasteiger charge is 2.88. The van der Waals surface area contributed by atoms with E-state index in [2.05, 4.69) is 0 Å². The summed E-state index contributed by atoms with van der Waals surface area (Å²) in [6.45, 7) is 23.2. The second-order valence-electron chi connectivity index (χ2n) is 31.8. The Balaban J connectivity index is 0.000000608. The fourth-order valence-corrected chi connectivity index (χ4v) is 16.7. The van der Waals surface area contributed by atoms with Crippen LogP contribution in [-0.2, 0) is 0 Å². The molecule has 0 aromatic heterocycles. The lowest BCUT2D eigenvalue weighted by Crippen LogP contribution is -2.52. The first-order valence-electron chi connectivity index (χ1n) is 36.0. The smallest absolute Gasteiger partial charge is 0.247 e. The Morgan fingerprint density at radius 1 is 0.288 bits per heavy atom. The third-order valence-corrected chi connectivity index (χ3v) is 23.2. The predicted molar refractivity (Wildman–Crippen MR) is 327 cm³/mol. The number of halogens is 34. The molecule has 624 valence electrons. The summed E-state index contributed by atoms with van der Waals surface area (Å²) in [5.41, 5.74) is -4.52. The molecule has 8 rings (SSSR count). The van der Waals surface area contributed by atoms with Gasteiger partial charge in [0.05, 0.1) is 53.3 Å². The van der Waals surface area contributed by atoms with Crippen LogP contribution in [0.25, 0.3) is 0 Å². The molecular weight excluding hydrogens is 1490 g/mol. The Morgan fingerprint density at radius 2 is 0.625 bits per heavy atom.